The fourth-order valence-corrected chi connectivity index (χ4v) is 3.00. The van der Waals surface area contributed by atoms with Crippen molar-refractivity contribution in [2.24, 2.45) is 7.05 Å². The van der Waals surface area contributed by atoms with Gasteiger partial charge in [-0.2, -0.15) is 5.10 Å². The molecule has 106 valence electrons. The maximum absolute atomic E-state index is 4.66. The normalized spacial score (nSPS) is 18.5. The molecule has 0 saturated carbocycles. The lowest BCUT2D eigenvalue weighted by Gasteiger charge is -2.24. The van der Waals surface area contributed by atoms with E-state index in [1.807, 2.05) is 30.1 Å². The zero-order valence-electron chi connectivity index (χ0n) is 11.8. The number of rotatable bonds is 2. The van der Waals surface area contributed by atoms with Crippen LogP contribution in [-0.2, 0) is 7.05 Å². The van der Waals surface area contributed by atoms with Gasteiger partial charge in [0.2, 0.25) is 0 Å². The van der Waals surface area contributed by atoms with Crippen LogP contribution in [0.25, 0.3) is 11.2 Å². The van der Waals surface area contributed by atoms with E-state index in [2.05, 4.69) is 31.1 Å². The third kappa shape index (κ3) is 2.12. The first kappa shape index (κ1) is 12.3. The first-order chi connectivity index (χ1) is 10.3. The highest BCUT2D eigenvalue weighted by Gasteiger charge is 2.28. The van der Waals surface area contributed by atoms with E-state index in [0.29, 0.717) is 11.7 Å². The highest BCUT2D eigenvalue weighted by atomic mass is 15.3. The molecular formula is C15H16N6. The van der Waals surface area contributed by atoms with Crippen molar-refractivity contribution < 1.29 is 0 Å². The van der Waals surface area contributed by atoms with Crippen molar-refractivity contribution in [1.29, 1.82) is 0 Å². The minimum atomic E-state index is 0.348. The number of hydrogen-bond donors (Lipinski definition) is 0. The Morgan fingerprint density at radius 2 is 2.10 bits per heavy atom. The lowest BCUT2D eigenvalue weighted by atomic mass is 10.1. The Morgan fingerprint density at radius 1 is 1.19 bits per heavy atom. The molecule has 0 radical (unpaired) electrons. The first-order valence-electron chi connectivity index (χ1n) is 7.14. The van der Waals surface area contributed by atoms with Crippen molar-refractivity contribution in [2.45, 2.75) is 18.9 Å². The van der Waals surface area contributed by atoms with E-state index in [1.54, 1.807) is 12.4 Å². The lowest BCUT2D eigenvalue weighted by molar-refractivity contribution is 0.709. The standard InChI is InChI=1S/C15H16N6/c1-20-10-11(9-18-20)13-3-2-8-21(13)14-5-4-12-15(19-14)17-7-6-16-12/h4-7,9-10,13H,2-3,8H2,1H3. The number of aromatic nitrogens is 5. The van der Waals surface area contributed by atoms with E-state index < -0.39 is 0 Å². The van der Waals surface area contributed by atoms with Gasteiger partial charge in [0.05, 0.1) is 12.2 Å². The summed E-state index contributed by atoms with van der Waals surface area (Å²) in [6, 6.07) is 4.37. The van der Waals surface area contributed by atoms with Crippen molar-refractivity contribution in [3.63, 3.8) is 0 Å². The Kier molecular flexibility index (Phi) is 2.80. The topological polar surface area (TPSA) is 59.7 Å². The van der Waals surface area contributed by atoms with Crippen molar-refractivity contribution in [3.05, 3.63) is 42.5 Å². The maximum atomic E-state index is 4.66. The Morgan fingerprint density at radius 3 is 2.95 bits per heavy atom. The third-order valence-electron chi connectivity index (χ3n) is 3.97. The maximum Gasteiger partial charge on any atom is 0.180 e. The van der Waals surface area contributed by atoms with Gasteiger partial charge in [-0.15, -0.1) is 0 Å². The van der Waals surface area contributed by atoms with Gasteiger partial charge in [0.15, 0.2) is 5.65 Å². The molecular weight excluding hydrogens is 264 g/mol. The molecule has 0 spiro atoms. The summed E-state index contributed by atoms with van der Waals surface area (Å²) in [5.41, 5.74) is 2.78. The molecule has 0 bridgehead atoms. The fourth-order valence-electron chi connectivity index (χ4n) is 3.00. The van der Waals surface area contributed by atoms with Crippen LogP contribution in [0.5, 0.6) is 0 Å². The number of nitrogens with zero attached hydrogens (tertiary/aromatic N) is 6. The van der Waals surface area contributed by atoms with E-state index in [9.17, 15) is 0 Å². The van der Waals surface area contributed by atoms with Crippen molar-refractivity contribution >= 4 is 17.0 Å². The number of anilines is 1. The second kappa shape index (κ2) is 4.80. The van der Waals surface area contributed by atoms with E-state index in [0.717, 1.165) is 24.3 Å². The first-order valence-corrected chi connectivity index (χ1v) is 7.14. The number of aryl methyl sites for hydroxylation is 1. The zero-order chi connectivity index (χ0) is 14.2. The molecule has 3 aromatic heterocycles. The molecule has 1 atom stereocenters. The molecule has 1 aliphatic heterocycles. The van der Waals surface area contributed by atoms with Gasteiger partial charge in [0, 0.05) is 37.7 Å². The monoisotopic (exact) mass is 280 g/mol. The minimum Gasteiger partial charge on any atom is -0.349 e. The van der Waals surface area contributed by atoms with Crippen molar-refractivity contribution in [1.82, 2.24) is 24.7 Å². The molecule has 6 heteroatoms. The van der Waals surface area contributed by atoms with Crippen LogP contribution in [-0.4, -0.2) is 31.3 Å². The number of hydrogen-bond acceptors (Lipinski definition) is 5. The second-order valence-electron chi connectivity index (χ2n) is 5.37. The van der Waals surface area contributed by atoms with Crippen LogP contribution < -0.4 is 4.90 Å². The molecule has 3 aromatic rings. The van der Waals surface area contributed by atoms with Crippen LogP contribution in [0.1, 0.15) is 24.4 Å². The molecule has 1 unspecified atom stereocenters. The Labute approximate surface area is 122 Å². The van der Waals surface area contributed by atoms with Gasteiger partial charge in [-0.05, 0) is 25.0 Å². The molecule has 1 fully saturated rings. The van der Waals surface area contributed by atoms with Crippen LogP contribution >= 0.6 is 0 Å². The SMILES string of the molecule is Cn1cc(C2CCCN2c2ccc3nccnc3n2)cn1. The predicted octanol–water partition coefficient (Wildman–Crippen LogP) is 2.10. The molecule has 6 nitrogen and oxygen atoms in total. The number of fused-ring (bicyclic) bond motifs is 1. The average molecular weight is 280 g/mol. The largest absolute Gasteiger partial charge is 0.349 e. The van der Waals surface area contributed by atoms with E-state index in [4.69, 9.17) is 0 Å². The molecule has 4 heterocycles. The molecule has 0 aromatic carbocycles. The van der Waals surface area contributed by atoms with Gasteiger partial charge < -0.3 is 4.90 Å². The van der Waals surface area contributed by atoms with Crippen LogP contribution in [0.3, 0.4) is 0 Å². The average Bonchev–Trinajstić information content (AvgIpc) is 3.15. The highest BCUT2D eigenvalue weighted by molar-refractivity contribution is 5.71. The third-order valence-corrected chi connectivity index (χ3v) is 3.97. The van der Waals surface area contributed by atoms with Crippen molar-refractivity contribution in [3.8, 4) is 0 Å². The van der Waals surface area contributed by atoms with Crippen LogP contribution in [0.2, 0.25) is 0 Å². The predicted molar refractivity (Wildman–Crippen MR) is 79.9 cm³/mol. The molecule has 21 heavy (non-hydrogen) atoms. The number of pyridine rings is 1. The summed E-state index contributed by atoms with van der Waals surface area (Å²) in [5, 5.41) is 4.29. The summed E-state index contributed by atoms with van der Waals surface area (Å²) in [4.78, 5) is 15.6. The molecule has 0 N–H and O–H groups in total. The van der Waals surface area contributed by atoms with E-state index in [1.165, 1.54) is 12.0 Å². The Hall–Kier alpha value is -2.50. The quantitative estimate of drug-likeness (QED) is 0.719. The molecule has 4 rings (SSSR count). The fraction of sp³-hybridized carbons (Fsp3) is 0.333. The smallest absolute Gasteiger partial charge is 0.180 e. The molecule has 1 aliphatic rings. The second-order valence-corrected chi connectivity index (χ2v) is 5.37. The van der Waals surface area contributed by atoms with E-state index >= 15 is 0 Å². The van der Waals surface area contributed by atoms with Gasteiger partial charge >= 0.3 is 0 Å². The van der Waals surface area contributed by atoms with Crippen molar-refractivity contribution in [2.75, 3.05) is 11.4 Å². The molecule has 1 saturated heterocycles. The highest BCUT2D eigenvalue weighted by Crippen LogP contribution is 2.35. The van der Waals surface area contributed by atoms with Gasteiger partial charge in [-0.1, -0.05) is 0 Å². The van der Waals surface area contributed by atoms with Gasteiger partial charge in [0.1, 0.15) is 11.3 Å². The summed E-state index contributed by atoms with van der Waals surface area (Å²) in [5.74, 6) is 0.967. The summed E-state index contributed by atoms with van der Waals surface area (Å²) in [7, 11) is 1.95. The Balaban J connectivity index is 1.72. The Bertz CT molecular complexity index is 780. The van der Waals surface area contributed by atoms with Crippen LogP contribution in [0.15, 0.2) is 36.9 Å². The zero-order valence-corrected chi connectivity index (χ0v) is 11.8. The molecule has 0 aliphatic carbocycles. The van der Waals surface area contributed by atoms with Gasteiger partial charge in [-0.25, -0.2) is 9.97 Å². The minimum absolute atomic E-state index is 0.348. The summed E-state index contributed by atoms with van der Waals surface area (Å²) in [6.07, 6.45) is 9.71. The van der Waals surface area contributed by atoms with Gasteiger partial charge in [0.25, 0.3) is 0 Å². The van der Waals surface area contributed by atoms with Crippen LogP contribution in [0, 0.1) is 0 Å². The van der Waals surface area contributed by atoms with Gasteiger partial charge in [-0.3, -0.25) is 9.67 Å². The molecule has 0 amide bonds. The van der Waals surface area contributed by atoms with Crippen LogP contribution in [0.4, 0.5) is 5.82 Å². The summed E-state index contributed by atoms with van der Waals surface area (Å²) in [6.45, 7) is 1.01. The van der Waals surface area contributed by atoms with E-state index in [-0.39, 0.29) is 0 Å². The lowest BCUT2D eigenvalue weighted by Crippen LogP contribution is -2.23. The summed E-state index contributed by atoms with van der Waals surface area (Å²) >= 11 is 0. The summed E-state index contributed by atoms with van der Waals surface area (Å²) < 4.78 is 1.85.